The number of aliphatic carboxylic acids is 1. The lowest BCUT2D eigenvalue weighted by molar-refractivity contribution is -0.141. The summed E-state index contributed by atoms with van der Waals surface area (Å²) in [5.74, 6) is -1.46. The summed E-state index contributed by atoms with van der Waals surface area (Å²) < 4.78 is 0. The first kappa shape index (κ1) is 16.4. The van der Waals surface area contributed by atoms with Crippen LogP contribution in [0.1, 0.15) is 12.8 Å². The molecule has 0 spiro atoms. The van der Waals surface area contributed by atoms with Crippen molar-refractivity contribution < 1.29 is 14.7 Å². The summed E-state index contributed by atoms with van der Waals surface area (Å²) in [6, 6.07) is 5.73. The largest absolute Gasteiger partial charge is 0.480 e. The number of hydrogen-bond donors (Lipinski definition) is 4. The van der Waals surface area contributed by atoms with E-state index in [0.29, 0.717) is 30.2 Å². The van der Waals surface area contributed by atoms with E-state index < -0.39 is 12.0 Å². The highest BCUT2D eigenvalue weighted by molar-refractivity contribution is 6.30. The van der Waals surface area contributed by atoms with Gasteiger partial charge < -0.3 is 21.5 Å². The maximum absolute atomic E-state index is 11.8. The molecule has 0 bridgehead atoms. The fraction of sp³-hybridized carbons (Fsp3) is 0.385. The van der Waals surface area contributed by atoms with E-state index in [9.17, 15) is 9.59 Å². The van der Waals surface area contributed by atoms with Crippen molar-refractivity contribution in [3.8, 4) is 0 Å². The molecule has 7 heteroatoms. The standard InChI is InChI=1S/C13H18ClN3O3/c14-9-3-1-4-10(7-9)17-12(18)8-11(13(19)20)16-6-2-5-15/h1,3-4,7,11,16H,2,5-6,8,15H2,(H,17,18)(H,19,20)/t11-/m1/s1. The molecule has 0 radical (unpaired) electrons. The van der Waals surface area contributed by atoms with Gasteiger partial charge in [-0.1, -0.05) is 17.7 Å². The molecule has 0 aliphatic rings. The van der Waals surface area contributed by atoms with Crippen molar-refractivity contribution in [2.45, 2.75) is 18.9 Å². The van der Waals surface area contributed by atoms with E-state index in [-0.39, 0.29) is 12.3 Å². The number of hydrogen-bond acceptors (Lipinski definition) is 4. The molecular weight excluding hydrogens is 282 g/mol. The van der Waals surface area contributed by atoms with Crippen LogP contribution in [0.2, 0.25) is 5.02 Å². The molecule has 20 heavy (non-hydrogen) atoms. The fourth-order valence-corrected chi connectivity index (χ4v) is 1.78. The number of carbonyl (C=O) groups is 2. The summed E-state index contributed by atoms with van der Waals surface area (Å²) in [4.78, 5) is 22.8. The number of nitrogens with one attached hydrogen (secondary N) is 2. The monoisotopic (exact) mass is 299 g/mol. The lowest BCUT2D eigenvalue weighted by Crippen LogP contribution is -2.40. The number of carboxylic acids is 1. The molecule has 0 fully saturated rings. The highest BCUT2D eigenvalue weighted by atomic mass is 35.5. The highest BCUT2D eigenvalue weighted by Gasteiger charge is 2.20. The summed E-state index contributed by atoms with van der Waals surface area (Å²) in [5, 5.41) is 14.9. The maximum Gasteiger partial charge on any atom is 0.321 e. The Kier molecular flexibility index (Phi) is 7.00. The van der Waals surface area contributed by atoms with Gasteiger partial charge in [0, 0.05) is 10.7 Å². The van der Waals surface area contributed by atoms with Gasteiger partial charge in [0.15, 0.2) is 0 Å². The molecule has 0 aliphatic heterocycles. The van der Waals surface area contributed by atoms with E-state index in [1.165, 1.54) is 0 Å². The third-order valence-corrected chi connectivity index (χ3v) is 2.80. The summed E-state index contributed by atoms with van der Waals surface area (Å²) in [5.41, 5.74) is 5.86. The van der Waals surface area contributed by atoms with Crippen molar-refractivity contribution >= 4 is 29.2 Å². The summed E-state index contributed by atoms with van der Waals surface area (Å²) in [7, 11) is 0. The average Bonchev–Trinajstić information content (AvgIpc) is 2.37. The van der Waals surface area contributed by atoms with Crippen LogP contribution >= 0.6 is 11.6 Å². The molecule has 0 saturated heterocycles. The molecule has 5 N–H and O–H groups in total. The van der Waals surface area contributed by atoms with E-state index in [2.05, 4.69) is 10.6 Å². The Balaban J connectivity index is 2.51. The third kappa shape index (κ3) is 6.01. The Morgan fingerprint density at radius 2 is 2.15 bits per heavy atom. The molecule has 0 aliphatic carbocycles. The van der Waals surface area contributed by atoms with Gasteiger partial charge in [-0.2, -0.15) is 0 Å². The minimum atomic E-state index is -1.07. The zero-order valence-electron chi connectivity index (χ0n) is 10.9. The number of nitrogens with two attached hydrogens (primary N) is 1. The van der Waals surface area contributed by atoms with Crippen LogP contribution in [0.25, 0.3) is 0 Å². The third-order valence-electron chi connectivity index (χ3n) is 2.57. The van der Waals surface area contributed by atoms with Crippen molar-refractivity contribution in [2.24, 2.45) is 5.73 Å². The number of benzene rings is 1. The maximum atomic E-state index is 11.8. The first-order valence-electron chi connectivity index (χ1n) is 6.24. The molecule has 6 nitrogen and oxygen atoms in total. The van der Waals surface area contributed by atoms with Crippen LogP contribution in [0.4, 0.5) is 5.69 Å². The normalized spacial score (nSPS) is 11.9. The number of carbonyl (C=O) groups excluding carboxylic acids is 1. The van der Waals surface area contributed by atoms with Crippen molar-refractivity contribution in [1.29, 1.82) is 0 Å². The van der Waals surface area contributed by atoms with Crippen molar-refractivity contribution in [3.63, 3.8) is 0 Å². The van der Waals surface area contributed by atoms with Crippen LogP contribution in [0.15, 0.2) is 24.3 Å². The molecule has 0 aromatic heterocycles. The number of rotatable bonds is 8. The Morgan fingerprint density at radius 1 is 1.40 bits per heavy atom. The molecule has 0 heterocycles. The van der Waals surface area contributed by atoms with Gasteiger partial charge in [0.05, 0.1) is 6.42 Å². The molecule has 0 unspecified atom stereocenters. The number of halogens is 1. The smallest absolute Gasteiger partial charge is 0.321 e. The molecule has 110 valence electrons. The molecule has 1 aromatic rings. The summed E-state index contributed by atoms with van der Waals surface area (Å²) in [6.45, 7) is 0.923. The minimum absolute atomic E-state index is 0.160. The number of anilines is 1. The number of amides is 1. The second-order valence-electron chi connectivity index (χ2n) is 4.25. The van der Waals surface area contributed by atoms with Crippen LogP contribution in [-0.4, -0.2) is 36.1 Å². The van der Waals surface area contributed by atoms with Crippen molar-refractivity contribution in [1.82, 2.24) is 5.32 Å². The average molecular weight is 300 g/mol. The van der Waals surface area contributed by atoms with Crippen LogP contribution in [0.5, 0.6) is 0 Å². The lowest BCUT2D eigenvalue weighted by Gasteiger charge is -2.14. The zero-order chi connectivity index (χ0) is 15.0. The first-order chi connectivity index (χ1) is 9.52. The summed E-state index contributed by atoms with van der Waals surface area (Å²) >= 11 is 5.80. The van der Waals surface area contributed by atoms with E-state index in [4.69, 9.17) is 22.4 Å². The van der Waals surface area contributed by atoms with Gasteiger partial charge in [-0.05, 0) is 37.7 Å². The SMILES string of the molecule is NCCCN[C@H](CC(=O)Nc1cccc(Cl)c1)C(=O)O. The quantitative estimate of drug-likeness (QED) is 0.537. The lowest BCUT2D eigenvalue weighted by atomic mass is 10.2. The first-order valence-corrected chi connectivity index (χ1v) is 6.62. The summed E-state index contributed by atoms with van der Waals surface area (Å²) in [6.07, 6.45) is 0.492. The van der Waals surface area contributed by atoms with Gasteiger partial charge >= 0.3 is 5.97 Å². The Labute approximate surface area is 122 Å². The Hall–Kier alpha value is -1.63. The van der Waals surface area contributed by atoms with Gasteiger partial charge in [0.2, 0.25) is 5.91 Å². The minimum Gasteiger partial charge on any atom is -0.480 e. The van der Waals surface area contributed by atoms with E-state index in [0.717, 1.165) is 0 Å². The van der Waals surface area contributed by atoms with Crippen molar-refractivity contribution in [2.75, 3.05) is 18.4 Å². The Bertz CT molecular complexity index is 468. The van der Waals surface area contributed by atoms with Crippen molar-refractivity contribution in [3.05, 3.63) is 29.3 Å². The van der Waals surface area contributed by atoms with Crippen LogP contribution in [-0.2, 0) is 9.59 Å². The highest BCUT2D eigenvalue weighted by Crippen LogP contribution is 2.15. The molecule has 1 atom stereocenters. The van der Waals surface area contributed by atoms with Crippen LogP contribution in [0, 0.1) is 0 Å². The fourth-order valence-electron chi connectivity index (χ4n) is 1.59. The van der Waals surface area contributed by atoms with Gasteiger partial charge in [-0.15, -0.1) is 0 Å². The van der Waals surface area contributed by atoms with E-state index in [1.807, 2.05) is 0 Å². The zero-order valence-corrected chi connectivity index (χ0v) is 11.7. The second-order valence-corrected chi connectivity index (χ2v) is 4.69. The molecule has 1 aromatic carbocycles. The van der Waals surface area contributed by atoms with E-state index in [1.54, 1.807) is 24.3 Å². The predicted octanol–water partition coefficient (Wildman–Crippen LogP) is 1.06. The second kappa shape index (κ2) is 8.52. The molecular formula is C13H18ClN3O3. The van der Waals surface area contributed by atoms with Gasteiger partial charge in [-0.25, -0.2) is 0 Å². The van der Waals surface area contributed by atoms with E-state index >= 15 is 0 Å². The molecule has 1 rings (SSSR count). The number of carboxylic acid groups (broad SMARTS) is 1. The van der Waals surface area contributed by atoms with Crippen LogP contribution < -0.4 is 16.4 Å². The van der Waals surface area contributed by atoms with Crippen LogP contribution in [0.3, 0.4) is 0 Å². The van der Waals surface area contributed by atoms with Gasteiger partial charge in [-0.3, -0.25) is 9.59 Å². The Morgan fingerprint density at radius 3 is 2.75 bits per heavy atom. The topological polar surface area (TPSA) is 104 Å². The predicted molar refractivity (Wildman–Crippen MR) is 77.8 cm³/mol. The van der Waals surface area contributed by atoms with Gasteiger partial charge in [0.1, 0.15) is 6.04 Å². The molecule has 0 saturated carbocycles. The van der Waals surface area contributed by atoms with Gasteiger partial charge in [0.25, 0.3) is 0 Å². The molecule has 1 amide bonds.